The number of phenolic OH excluding ortho intramolecular Hbond substituents is 2. The van der Waals surface area contributed by atoms with E-state index in [1.807, 2.05) is 0 Å². The zero-order valence-electron chi connectivity index (χ0n) is 12.8. The van der Waals surface area contributed by atoms with Crippen LogP contribution in [0, 0.1) is 0 Å². The standard InChI is InChI=1S/C16H21ClN2O4/c17-5-1-2-15(22)18-12-3-6-19(7-4-12)16(23)11-8-13(20)10-14(21)9-11/h8-10,12,20-21H,1-7H2,(H,18,22). The van der Waals surface area contributed by atoms with E-state index in [1.54, 1.807) is 4.90 Å². The van der Waals surface area contributed by atoms with E-state index in [9.17, 15) is 19.8 Å². The zero-order valence-corrected chi connectivity index (χ0v) is 13.6. The van der Waals surface area contributed by atoms with Gasteiger partial charge >= 0.3 is 0 Å². The van der Waals surface area contributed by atoms with Crippen LogP contribution in [0.4, 0.5) is 0 Å². The van der Waals surface area contributed by atoms with Gasteiger partial charge in [-0.3, -0.25) is 9.59 Å². The normalized spacial score (nSPS) is 15.4. The molecule has 23 heavy (non-hydrogen) atoms. The van der Waals surface area contributed by atoms with E-state index in [1.165, 1.54) is 18.2 Å². The Morgan fingerprint density at radius 1 is 1.17 bits per heavy atom. The minimum absolute atomic E-state index is 0.00618. The van der Waals surface area contributed by atoms with E-state index in [0.29, 0.717) is 44.7 Å². The smallest absolute Gasteiger partial charge is 0.254 e. The molecule has 0 aromatic heterocycles. The Hall–Kier alpha value is -1.95. The van der Waals surface area contributed by atoms with Gasteiger partial charge in [0.1, 0.15) is 11.5 Å². The quantitative estimate of drug-likeness (QED) is 0.713. The summed E-state index contributed by atoms with van der Waals surface area (Å²) in [6.45, 7) is 1.05. The second kappa shape index (κ2) is 8.06. The summed E-state index contributed by atoms with van der Waals surface area (Å²) in [5.74, 6) is -0.0574. The van der Waals surface area contributed by atoms with Crippen LogP contribution in [0.1, 0.15) is 36.0 Å². The molecular formula is C16H21ClN2O4. The Balaban J connectivity index is 1.86. The lowest BCUT2D eigenvalue weighted by atomic mass is 10.0. The highest BCUT2D eigenvalue weighted by molar-refractivity contribution is 6.17. The molecule has 1 heterocycles. The monoisotopic (exact) mass is 340 g/mol. The number of hydrogen-bond acceptors (Lipinski definition) is 4. The number of hydrogen-bond donors (Lipinski definition) is 3. The fraction of sp³-hybridized carbons (Fsp3) is 0.500. The van der Waals surface area contributed by atoms with Gasteiger partial charge in [0.25, 0.3) is 5.91 Å². The summed E-state index contributed by atoms with van der Waals surface area (Å²) in [6.07, 6.45) is 2.45. The average Bonchev–Trinajstić information content (AvgIpc) is 2.52. The van der Waals surface area contributed by atoms with Crippen LogP contribution < -0.4 is 5.32 Å². The Labute approximate surface area is 140 Å². The Kier molecular flexibility index (Phi) is 6.10. The van der Waals surface area contributed by atoms with Crippen LogP contribution >= 0.6 is 11.6 Å². The predicted molar refractivity (Wildman–Crippen MR) is 86.8 cm³/mol. The van der Waals surface area contributed by atoms with Crippen molar-refractivity contribution >= 4 is 23.4 Å². The van der Waals surface area contributed by atoms with Crippen molar-refractivity contribution in [1.29, 1.82) is 0 Å². The van der Waals surface area contributed by atoms with Crippen LogP contribution in [0.2, 0.25) is 0 Å². The van der Waals surface area contributed by atoms with E-state index in [4.69, 9.17) is 11.6 Å². The molecule has 1 aromatic rings. The van der Waals surface area contributed by atoms with Gasteiger partial charge in [0.15, 0.2) is 0 Å². The van der Waals surface area contributed by atoms with Crippen LogP contribution in [-0.4, -0.2) is 51.9 Å². The first-order valence-corrected chi connectivity index (χ1v) is 8.20. The van der Waals surface area contributed by atoms with Gasteiger partial charge < -0.3 is 20.4 Å². The number of phenols is 2. The number of amides is 2. The van der Waals surface area contributed by atoms with Gasteiger partial charge in [-0.1, -0.05) is 0 Å². The third-order valence-corrected chi connectivity index (χ3v) is 4.10. The number of carbonyl (C=O) groups is 2. The zero-order chi connectivity index (χ0) is 16.8. The molecule has 0 saturated carbocycles. The lowest BCUT2D eigenvalue weighted by molar-refractivity contribution is -0.122. The molecule has 2 rings (SSSR count). The number of carbonyl (C=O) groups excluding carboxylic acids is 2. The second-order valence-electron chi connectivity index (χ2n) is 5.66. The van der Waals surface area contributed by atoms with Gasteiger partial charge in [-0.25, -0.2) is 0 Å². The highest BCUT2D eigenvalue weighted by Crippen LogP contribution is 2.22. The Morgan fingerprint density at radius 3 is 2.35 bits per heavy atom. The van der Waals surface area contributed by atoms with E-state index < -0.39 is 0 Å². The van der Waals surface area contributed by atoms with Crippen molar-refractivity contribution in [2.24, 2.45) is 0 Å². The van der Waals surface area contributed by atoms with Crippen molar-refractivity contribution < 1.29 is 19.8 Å². The topological polar surface area (TPSA) is 89.9 Å². The van der Waals surface area contributed by atoms with Crippen molar-refractivity contribution in [3.63, 3.8) is 0 Å². The summed E-state index contributed by atoms with van der Waals surface area (Å²) in [7, 11) is 0. The van der Waals surface area contributed by atoms with Gasteiger partial charge in [0, 0.05) is 43.1 Å². The average molecular weight is 341 g/mol. The molecule has 2 amide bonds. The van der Waals surface area contributed by atoms with Gasteiger partial charge in [-0.15, -0.1) is 11.6 Å². The second-order valence-corrected chi connectivity index (χ2v) is 6.04. The largest absolute Gasteiger partial charge is 0.508 e. The van der Waals surface area contributed by atoms with Gasteiger partial charge in [0.2, 0.25) is 5.91 Å². The summed E-state index contributed by atoms with van der Waals surface area (Å²) in [5, 5.41) is 21.9. The van der Waals surface area contributed by atoms with Crippen molar-refractivity contribution in [3.05, 3.63) is 23.8 Å². The molecule has 126 valence electrons. The number of halogens is 1. The van der Waals surface area contributed by atoms with Crippen molar-refractivity contribution in [2.45, 2.75) is 31.7 Å². The predicted octanol–water partition coefficient (Wildman–Crippen LogP) is 1.84. The molecule has 0 atom stereocenters. The lowest BCUT2D eigenvalue weighted by Crippen LogP contribution is -2.46. The lowest BCUT2D eigenvalue weighted by Gasteiger charge is -2.32. The first kappa shape index (κ1) is 17.4. The minimum atomic E-state index is -0.233. The molecule has 0 bridgehead atoms. The molecule has 0 radical (unpaired) electrons. The number of nitrogens with one attached hydrogen (secondary N) is 1. The molecular weight excluding hydrogens is 320 g/mol. The highest BCUT2D eigenvalue weighted by Gasteiger charge is 2.25. The number of aromatic hydroxyl groups is 2. The number of alkyl halides is 1. The summed E-state index contributed by atoms with van der Waals surface area (Å²) >= 11 is 5.56. The first-order chi connectivity index (χ1) is 11.0. The van der Waals surface area contributed by atoms with Gasteiger partial charge in [0.05, 0.1) is 0 Å². The molecule has 3 N–H and O–H groups in total. The van der Waals surface area contributed by atoms with Crippen molar-refractivity contribution in [1.82, 2.24) is 10.2 Å². The van der Waals surface area contributed by atoms with Crippen LogP contribution in [0.25, 0.3) is 0 Å². The fourth-order valence-electron chi connectivity index (χ4n) is 2.66. The van der Waals surface area contributed by atoms with Crippen LogP contribution in [0.15, 0.2) is 18.2 Å². The molecule has 6 nitrogen and oxygen atoms in total. The summed E-state index contributed by atoms with van der Waals surface area (Å²) in [5.41, 5.74) is 0.257. The summed E-state index contributed by atoms with van der Waals surface area (Å²) in [6, 6.07) is 3.92. The molecule has 1 aromatic carbocycles. The minimum Gasteiger partial charge on any atom is -0.508 e. The molecule has 1 fully saturated rings. The first-order valence-electron chi connectivity index (χ1n) is 7.67. The number of piperidine rings is 1. The van der Waals surface area contributed by atoms with Crippen molar-refractivity contribution in [3.8, 4) is 11.5 Å². The van der Waals surface area contributed by atoms with E-state index >= 15 is 0 Å². The molecule has 0 aliphatic carbocycles. The third kappa shape index (κ3) is 5.03. The van der Waals surface area contributed by atoms with Crippen molar-refractivity contribution in [2.75, 3.05) is 19.0 Å². The van der Waals surface area contributed by atoms with E-state index in [0.717, 1.165) is 0 Å². The Morgan fingerprint density at radius 2 is 1.78 bits per heavy atom. The highest BCUT2D eigenvalue weighted by atomic mass is 35.5. The fourth-order valence-corrected chi connectivity index (χ4v) is 2.79. The van der Waals surface area contributed by atoms with Gasteiger partial charge in [-0.05, 0) is 31.4 Å². The number of benzene rings is 1. The number of rotatable bonds is 5. The SMILES string of the molecule is O=C(CCCCl)NC1CCN(C(=O)c2cc(O)cc(O)c2)CC1. The van der Waals surface area contributed by atoms with Crippen LogP contribution in [-0.2, 0) is 4.79 Å². The maximum Gasteiger partial charge on any atom is 0.254 e. The van der Waals surface area contributed by atoms with Crippen LogP contribution in [0.5, 0.6) is 11.5 Å². The Bertz CT molecular complexity index is 551. The van der Waals surface area contributed by atoms with Gasteiger partial charge in [-0.2, -0.15) is 0 Å². The maximum atomic E-state index is 12.4. The third-order valence-electron chi connectivity index (χ3n) is 3.83. The molecule has 0 unspecified atom stereocenters. The molecule has 1 aliphatic heterocycles. The molecule has 1 saturated heterocycles. The molecule has 0 spiro atoms. The number of likely N-dealkylation sites (tertiary alicyclic amines) is 1. The maximum absolute atomic E-state index is 12.4. The van der Waals surface area contributed by atoms with E-state index in [-0.39, 0.29) is 34.9 Å². The molecule has 7 heteroatoms. The molecule has 1 aliphatic rings. The number of nitrogens with zero attached hydrogens (tertiary/aromatic N) is 1. The summed E-state index contributed by atoms with van der Waals surface area (Å²) in [4.78, 5) is 25.7. The van der Waals surface area contributed by atoms with Crippen LogP contribution in [0.3, 0.4) is 0 Å². The summed E-state index contributed by atoms with van der Waals surface area (Å²) < 4.78 is 0. The van der Waals surface area contributed by atoms with E-state index in [2.05, 4.69) is 5.32 Å².